The molecule has 1 saturated carbocycles. The average Bonchev–Trinajstić information content (AvgIpc) is 2.44. The minimum atomic E-state index is -0.487. The van der Waals surface area contributed by atoms with Crippen molar-refractivity contribution in [3.8, 4) is 0 Å². The van der Waals surface area contributed by atoms with Crippen molar-refractivity contribution in [3.05, 3.63) is 0 Å². The Morgan fingerprint density at radius 1 is 1.39 bits per heavy atom. The van der Waals surface area contributed by atoms with Crippen LogP contribution in [0.3, 0.4) is 0 Å². The van der Waals surface area contributed by atoms with Crippen molar-refractivity contribution < 1.29 is 14.3 Å². The molecule has 0 aromatic carbocycles. The summed E-state index contributed by atoms with van der Waals surface area (Å²) in [7, 11) is 0. The summed E-state index contributed by atoms with van der Waals surface area (Å²) in [6.07, 6.45) is 3.24. The van der Waals surface area contributed by atoms with Crippen molar-refractivity contribution in [2.45, 2.75) is 63.8 Å². The molecule has 5 nitrogen and oxygen atoms in total. The Hall–Kier alpha value is -0.810. The van der Waals surface area contributed by atoms with E-state index in [0.717, 1.165) is 0 Å². The van der Waals surface area contributed by atoms with Gasteiger partial charge in [0.05, 0.1) is 24.8 Å². The van der Waals surface area contributed by atoms with Crippen LogP contribution in [0.25, 0.3) is 0 Å². The molecule has 0 aromatic heterocycles. The summed E-state index contributed by atoms with van der Waals surface area (Å²) < 4.78 is 11.0. The molecule has 1 amide bonds. The maximum absolute atomic E-state index is 11.8. The minimum Gasteiger partial charge on any atom is -0.444 e. The summed E-state index contributed by atoms with van der Waals surface area (Å²) in [5, 5.41) is 2.87. The lowest BCUT2D eigenvalue weighted by atomic mass is 9.78. The first-order chi connectivity index (χ1) is 8.37. The molecule has 3 atom stereocenters. The molecule has 2 aliphatic rings. The van der Waals surface area contributed by atoms with Gasteiger partial charge in [-0.15, -0.1) is 0 Å². The molecule has 2 fully saturated rings. The van der Waals surface area contributed by atoms with Crippen LogP contribution in [0.4, 0.5) is 4.79 Å². The van der Waals surface area contributed by atoms with Gasteiger partial charge in [-0.2, -0.15) is 0 Å². The van der Waals surface area contributed by atoms with Gasteiger partial charge < -0.3 is 20.5 Å². The van der Waals surface area contributed by atoms with Crippen LogP contribution in [0.15, 0.2) is 0 Å². The van der Waals surface area contributed by atoms with Crippen LogP contribution < -0.4 is 11.1 Å². The molecule has 5 heteroatoms. The average molecular weight is 256 g/mol. The van der Waals surface area contributed by atoms with E-state index in [1.165, 1.54) is 19.3 Å². The SMILES string of the molecule is CC(C)(C)OC(=O)NC1C(N)COC1C1CCC1. The number of amides is 1. The highest BCUT2D eigenvalue weighted by Crippen LogP contribution is 2.35. The van der Waals surface area contributed by atoms with Crippen molar-refractivity contribution in [2.75, 3.05) is 6.61 Å². The van der Waals surface area contributed by atoms with Crippen LogP contribution in [0, 0.1) is 5.92 Å². The van der Waals surface area contributed by atoms with E-state index in [-0.39, 0.29) is 18.2 Å². The third kappa shape index (κ3) is 3.14. The molecular weight excluding hydrogens is 232 g/mol. The summed E-state index contributed by atoms with van der Waals surface area (Å²) >= 11 is 0. The van der Waals surface area contributed by atoms with Crippen LogP contribution in [0.2, 0.25) is 0 Å². The smallest absolute Gasteiger partial charge is 0.408 e. The zero-order chi connectivity index (χ0) is 13.3. The highest BCUT2D eigenvalue weighted by molar-refractivity contribution is 5.68. The predicted octanol–water partition coefficient (Wildman–Crippen LogP) is 1.41. The van der Waals surface area contributed by atoms with Gasteiger partial charge in [0.15, 0.2) is 0 Å². The number of rotatable bonds is 2. The van der Waals surface area contributed by atoms with E-state index in [1.807, 2.05) is 20.8 Å². The van der Waals surface area contributed by atoms with Gasteiger partial charge >= 0.3 is 6.09 Å². The van der Waals surface area contributed by atoms with E-state index in [9.17, 15) is 4.79 Å². The number of carbonyl (C=O) groups is 1. The molecule has 2 rings (SSSR count). The largest absolute Gasteiger partial charge is 0.444 e. The molecule has 1 aliphatic heterocycles. The standard InChI is InChI=1S/C13H24N2O3/c1-13(2,3)18-12(16)15-10-9(14)7-17-11(10)8-5-4-6-8/h8-11H,4-7,14H2,1-3H3,(H,15,16). The van der Waals surface area contributed by atoms with E-state index in [1.54, 1.807) is 0 Å². The molecule has 0 bridgehead atoms. The predicted molar refractivity (Wildman–Crippen MR) is 68.2 cm³/mol. The zero-order valence-corrected chi connectivity index (χ0v) is 11.4. The fourth-order valence-electron chi connectivity index (χ4n) is 2.50. The van der Waals surface area contributed by atoms with Crippen molar-refractivity contribution >= 4 is 6.09 Å². The zero-order valence-electron chi connectivity index (χ0n) is 11.4. The summed E-state index contributed by atoms with van der Waals surface area (Å²) in [5.41, 5.74) is 5.52. The second-order valence-electron chi connectivity index (χ2n) is 6.32. The first-order valence-corrected chi connectivity index (χ1v) is 6.73. The highest BCUT2D eigenvalue weighted by Gasteiger charge is 2.43. The van der Waals surface area contributed by atoms with Crippen molar-refractivity contribution in [1.82, 2.24) is 5.32 Å². The molecule has 0 spiro atoms. The monoisotopic (exact) mass is 256 g/mol. The van der Waals surface area contributed by atoms with Gasteiger partial charge in [0.1, 0.15) is 5.60 Å². The van der Waals surface area contributed by atoms with Gasteiger partial charge in [-0.1, -0.05) is 6.42 Å². The molecule has 1 aliphatic carbocycles. The van der Waals surface area contributed by atoms with Crippen LogP contribution in [-0.4, -0.2) is 36.5 Å². The molecule has 104 valence electrons. The molecule has 1 heterocycles. The Morgan fingerprint density at radius 3 is 2.56 bits per heavy atom. The number of carbonyl (C=O) groups excluding carboxylic acids is 1. The van der Waals surface area contributed by atoms with E-state index >= 15 is 0 Å². The molecular formula is C13H24N2O3. The Morgan fingerprint density at radius 2 is 2.06 bits per heavy atom. The van der Waals surface area contributed by atoms with Gasteiger partial charge in [-0.25, -0.2) is 4.79 Å². The lowest BCUT2D eigenvalue weighted by Crippen LogP contribution is -2.53. The van der Waals surface area contributed by atoms with Crippen molar-refractivity contribution in [1.29, 1.82) is 0 Å². The van der Waals surface area contributed by atoms with Crippen LogP contribution in [0.5, 0.6) is 0 Å². The number of ether oxygens (including phenoxy) is 2. The van der Waals surface area contributed by atoms with Crippen LogP contribution >= 0.6 is 0 Å². The second kappa shape index (κ2) is 5.05. The van der Waals surface area contributed by atoms with E-state index in [2.05, 4.69) is 5.32 Å². The summed E-state index contributed by atoms with van der Waals surface area (Å²) in [6, 6.07) is -0.256. The summed E-state index contributed by atoms with van der Waals surface area (Å²) in [5.74, 6) is 0.540. The van der Waals surface area contributed by atoms with E-state index < -0.39 is 11.7 Å². The normalized spacial score (nSPS) is 33.0. The highest BCUT2D eigenvalue weighted by atomic mass is 16.6. The number of alkyl carbamates (subject to hydrolysis) is 1. The quantitative estimate of drug-likeness (QED) is 0.783. The molecule has 0 aromatic rings. The second-order valence-corrected chi connectivity index (χ2v) is 6.32. The molecule has 0 radical (unpaired) electrons. The lowest BCUT2D eigenvalue weighted by Gasteiger charge is -2.35. The fourth-order valence-corrected chi connectivity index (χ4v) is 2.50. The molecule has 3 unspecified atom stereocenters. The van der Waals surface area contributed by atoms with Crippen LogP contribution in [0.1, 0.15) is 40.0 Å². The van der Waals surface area contributed by atoms with Gasteiger partial charge in [-0.05, 0) is 39.5 Å². The molecule has 1 saturated heterocycles. The number of hydrogen-bond donors (Lipinski definition) is 2. The topological polar surface area (TPSA) is 73.6 Å². The number of nitrogens with one attached hydrogen (secondary N) is 1. The molecule has 3 N–H and O–H groups in total. The van der Waals surface area contributed by atoms with E-state index in [0.29, 0.717) is 12.5 Å². The third-order valence-corrected chi connectivity index (χ3v) is 3.59. The Bertz CT molecular complexity index is 310. The third-order valence-electron chi connectivity index (χ3n) is 3.59. The van der Waals surface area contributed by atoms with E-state index in [4.69, 9.17) is 15.2 Å². The first-order valence-electron chi connectivity index (χ1n) is 6.73. The Balaban J connectivity index is 1.90. The van der Waals surface area contributed by atoms with Crippen LogP contribution in [-0.2, 0) is 9.47 Å². The van der Waals surface area contributed by atoms with Gasteiger partial charge in [-0.3, -0.25) is 0 Å². The fraction of sp³-hybridized carbons (Fsp3) is 0.923. The van der Waals surface area contributed by atoms with Crippen molar-refractivity contribution in [3.63, 3.8) is 0 Å². The summed E-state index contributed by atoms with van der Waals surface area (Å²) in [6.45, 7) is 6.06. The maximum atomic E-state index is 11.8. The molecule has 18 heavy (non-hydrogen) atoms. The van der Waals surface area contributed by atoms with Gasteiger partial charge in [0.25, 0.3) is 0 Å². The number of hydrogen-bond acceptors (Lipinski definition) is 4. The van der Waals surface area contributed by atoms with Gasteiger partial charge in [0.2, 0.25) is 0 Å². The number of nitrogens with two attached hydrogens (primary N) is 1. The Kier molecular flexibility index (Phi) is 3.82. The Labute approximate surface area is 108 Å². The van der Waals surface area contributed by atoms with Gasteiger partial charge in [0, 0.05) is 0 Å². The maximum Gasteiger partial charge on any atom is 0.408 e. The van der Waals surface area contributed by atoms with Crippen molar-refractivity contribution in [2.24, 2.45) is 11.7 Å². The summed E-state index contributed by atoms with van der Waals surface area (Å²) in [4.78, 5) is 11.8. The lowest BCUT2D eigenvalue weighted by molar-refractivity contribution is 0.0120. The first kappa shape index (κ1) is 13.6. The minimum absolute atomic E-state index is 0.0567.